The fourth-order valence-corrected chi connectivity index (χ4v) is 3.62. The Morgan fingerprint density at radius 3 is 2.74 bits per heavy atom. The number of nitrogens with one attached hydrogen (secondary N) is 1. The van der Waals surface area contributed by atoms with Gasteiger partial charge >= 0.3 is 0 Å². The number of rotatable bonds is 3. The number of hydrogen-bond donors (Lipinski definition) is 1. The Hall–Kier alpha value is -2.79. The molecule has 3 aromatic rings. The normalized spacial score (nSPS) is 15.4. The van der Waals surface area contributed by atoms with Crippen LogP contribution in [-0.2, 0) is 13.1 Å². The number of benzene rings is 2. The number of amides is 1. The van der Waals surface area contributed by atoms with Gasteiger partial charge in [0, 0.05) is 12.7 Å². The van der Waals surface area contributed by atoms with Gasteiger partial charge < -0.3 is 14.6 Å². The van der Waals surface area contributed by atoms with E-state index in [4.69, 9.17) is 16.3 Å². The minimum atomic E-state index is -0.410. The molecular weight excluding hydrogens is 364 g/mol. The van der Waals surface area contributed by atoms with Gasteiger partial charge in [0.1, 0.15) is 17.4 Å². The summed E-state index contributed by atoms with van der Waals surface area (Å²) in [5.41, 5.74) is 2.47. The molecule has 1 aromatic heterocycles. The number of pyridine rings is 1. The molecule has 6 heteroatoms. The van der Waals surface area contributed by atoms with E-state index in [1.165, 1.54) is 0 Å². The van der Waals surface area contributed by atoms with Crippen molar-refractivity contribution >= 4 is 28.4 Å². The molecule has 0 radical (unpaired) electrons. The third-order valence-corrected chi connectivity index (χ3v) is 5.05. The lowest BCUT2D eigenvalue weighted by Crippen LogP contribution is -2.32. The van der Waals surface area contributed by atoms with Crippen molar-refractivity contribution in [3.63, 3.8) is 0 Å². The van der Waals surface area contributed by atoms with Crippen LogP contribution in [0.5, 0.6) is 5.75 Å². The van der Waals surface area contributed by atoms with Gasteiger partial charge in [-0.3, -0.25) is 9.59 Å². The van der Waals surface area contributed by atoms with Crippen LogP contribution in [0.4, 0.5) is 0 Å². The Kier molecular flexibility index (Phi) is 4.40. The molecule has 0 saturated carbocycles. The summed E-state index contributed by atoms with van der Waals surface area (Å²) >= 11 is 6.29. The van der Waals surface area contributed by atoms with Crippen LogP contribution in [0.2, 0.25) is 5.02 Å². The first-order valence-electron chi connectivity index (χ1n) is 8.80. The molecule has 1 aliphatic heterocycles. The Bertz CT molecular complexity index is 1100. The monoisotopic (exact) mass is 382 g/mol. The first-order chi connectivity index (χ1) is 12.9. The minimum Gasteiger partial charge on any atom is -0.487 e. The molecule has 0 spiro atoms. The number of carbonyl (C=O) groups is 1. The van der Waals surface area contributed by atoms with Gasteiger partial charge in [0.25, 0.3) is 5.91 Å². The number of nitrogens with zero attached hydrogens (tertiary/aromatic N) is 1. The average Bonchev–Trinajstić information content (AvgIpc) is 2.64. The van der Waals surface area contributed by atoms with Crippen LogP contribution >= 0.6 is 11.6 Å². The SMILES string of the molecule is Cc1ccc(CNC(=O)c2cn3c4c(ccc(Cl)c4c2=O)OC(C)C3)cc1. The number of hydrogen-bond acceptors (Lipinski definition) is 3. The van der Waals surface area contributed by atoms with Crippen molar-refractivity contribution in [2.75, 3.05) is 0 Å². The third-order valence-electron chi connectivity index (χ3n) is 4.73. The van der Waals surface area contributed by atoms with Gasteiger partial charge in [-0.1, -0.05) is 41.4 Å². The van der Waals surface area contributed by atoms with Gasteiger partial charge in [-0.15, -0.1) is 0 Å². The molecule has 5 nitrogen and oxygen atoms in total. The first-order valence-corrected chi connectivity index (χ1v) is 9.18. The lowest BCUT2D eigenvalue weighted by Gasteiger charge is -2.26. The van der Waals surface area contributed by atoms with Crippen LogP contribution in [-0.4, -0.2) is 16.6 Å². The molecule has 0 bridgehead atoms. The smallest absolute Gasteiger partial charge is 0.257 e. The highest BCUT2D eigenvalue weighted by molar-refractivity contribution is 6.35. The first kappa shape index (κ1) is 17.6. The maximum Gasteiger partial charge on any atom is 0.257 e. The molecule has 4 rings (SSSR count). The van der Waals surface area contributed by atoms with E-state index in [1.807, 2.05) is 42.7 Å². The summed E-state index contributed by atoms with van der Waals surface area (Å²) in [5, 5.41) is 3.47. The van der Waals surface area contributed by atoms with E-state index in [0.717, 1.165) is 11.1 Å². The maximum atomic E-state index is 13.0. The van der Waals surface area contributed by atoms with Gasteiger partial charge in [0.2, 0.25) is 5.43 Å². The van der Waals surface area contributed by atoms with Crippen molar-refractivity contribution in [3.8, 4) is 5.75 Å². The zero-order chi connectivity index (χ0) is 19.1. The molecule has 27 heavy (non-hydrogen) atoms. The Labute approximate surface area is 161 Å². The molecule has 2 heterocycles. The quantitative estimate of drug-likeness (QED) is 0.751. The van der Waals surface area contributed by atoms with Gasteiger partial charge in [0.05, 0.1) is 22.5 Å². The Balaban J connectivity index is 1.73. The van der Waals surface area contributed by atoms with Gasteiger partial charge in [0.15, 0.2) is 0 Å². The second kappa shape index (κ2) is 6.74. The molecule has 1 aliphatic rings. The summed E-state index contributed by atoms with van der Waals surface area (Å²) in [6.07, 6.45) is 1.54. The average molecular weight is 383 g/mol. The van der Waals surface area contributed by atoms with Crippen molar-refractivity contribution in [1.29, 1.82) is 0 Å². The Morgan fingerprint density at radius 1 is 1.26 bits per heavy atom. The van der Waals surface area contributed by atoms with E-state index in [0.29, 0.717) is 34.8 Å². The van der Waals surface area contributed by atoms with Crippen LogP contribution < -0.4 is 15.5 Å². The molecule has 1 atom stereocenters. The number of aryl methyl sites for hydroxylation is 1. The van der Waals surface area contributed by atoms with Crippen LogP contribution in [0, 0.1) is 6.92 Å². The van der Waals surface area contributed by atoms with E-state index in [9.17, 15) is 9.59 Å². The predicted octanol–water partition coefficient (Wildman–Crippen LogP) is 3.67. The summed E-state index contributed by atoms with van der Waals surface area (Å²) in [7, 11) is 0. The van der Waals surface area contributed by atoms with Crippen molar-refractivity contribution in [2.24, 2.45) is 0 Å². The highest BCUT2D eigenvalue weighted by atomic mass is 35.5. The largest absolute Gasteiger partial charge is 0.487 e. The molecule has 0 saturated heterocycles. The number of ether oxygens (including phenoxy) is 1. The molecule has 1 N–H and O–H groups in total. The van der Waals surface area contributed by atoms with Crippen LogP contribution in [0.3, 0.4) is 0 Å². The minimum absolute atomic E-state index is 0.0622. The van der Waals surface area contributed by atoms with Gasteiger partial charge in [-0.25, -0.2) is 0 Å². The maximum absolute atomic E-state index is 13.0. The standard InChI is InChI=1S/C21H19ClN2O3/c1-12-3-5-14(6-4-12)9-23-21(26)15-11-24-10-13(2)27-17-8-7-16(22)18(19(17)24)20(15)25/h3-8,11,13H,9-10H2,1-2H3,(H,23,26). The van der Waals surface area contributed by atoms with Crippen molar-refractivity contribution < 1.29 is 9.53 Å². The molecule has 0 fully saturated rings. The predicted molar refractivity (Wildman–Crippen MR) is 106 cm³/mol. The lowest BCUT2D eigenvalue weighted by molar-refractivity contribution is 0.0948. The third kappa shape index (κ3) is 3.19. The van der Waals surface area contributed by atoms with E-state index < -0.39 is 5.91 Å². The second-order valence-corrected chi connectivity index (χ2v) is 7.30. The topological polar surface area (TPSA) is 60.3 Å². The fourth-order valence-electron chi connectivity index (χ4n) is 3.38. The van der Waals surface area contributed by atoms with Crippen molar-refractivity contribution in [2.45, 2.75) is 33.0 Å². The van der Waals surface area contributed by atoms with E-state index in [1.54, 1.807) is 18.3 Å². The fraction of sp³-hybridized carbons (Fsp3) is 0.238. The molecular formula is C21H19ClN2O3. The summed E-state index contributed by atoms with van der Waals surface area (Å²) in [4.78, 5) is 25.7. The van der Waals surface area contributed by atoms with Gasteiger partial charge in [-0.05, 0) is 31.5 Å². The van der Waals surface area contributed by atoms with Crippen molar-refractivity contribution in [1.82, 2.24) is 9.88 Å². The number of carbonyl (C=O) groups excluding carboxylic acids is 1. The van der Waals surface area contributed by atoms with Gasteiger partial charge in [-0.2, -0.15) is 0 Å². The second-order valence-electron chi connectivity index (χ2n) is 6.89. The summed E-state index contributed by atoms with van der Waals surface area (Å²) in [6, 6.07) is 11.3. The molecule has 0 aliphatic carbocycles. The summed E-state index contributed by atoms with van der Waals surface area (Å²) in [6.45, 7) is 4.84. The zero-order valence-corrected chi connectivity index (χ0v) is 15.8. The Morgan fingerprint density at radius 2 is 2.00 bits per heavy atom. The molecule has 138 valence electrons. The van der Waals surface area contributed by atoms with E-state index in [2.05, 4.69) is 5.32 Å². The van der Waals surface area contributed by atoms with Crippen molar-refractivity contribution in [3.05, 3.63) is 74.5 Å². The molecule has 1 unspecified atom stereocenters. The van der Waals surface area contributed by atoms with E-state index >= 15 is 0 Å². The molecule has 2 aromatic carbocycles. The summed E-state index contributed by atoms with van der Waals surface area (Å²) in [5.74, 6) is 0.198. The summed E-state index contributed by atoms with van der Waals surface area (Å²) < 4.78 is 7.69. The van der Waals surface area contributed by atoms with Crippen LogP contribution in [0.15, 0.2) is 47.4 Å². The van der Waals surface area contributed by atoms with E-state index in [-0.39, 0.29) is 17.1 Å². The van der Waals surface area contributed by atoms with Crippen LogP contribution in [0.1, 0.15) is 28.4 Å². The highest BCUT2D eigenvalue weighted by Gasteiger charge is 2.24. The highest BCUT2D eigenvalue weighted by Crippen LogP contribution is 2.33. The molecule has 1 amide bonds. The number of aromatic nitrogens is 1. The number of halogens is 1. The van der Waals surface area contributed by atoms with Crippen LogP contribution in [0.25, 0.3) is 10.9 Å². The lowest BCUT2D eigenvalue weighted by atomic mass is 10.1. The zero-order valence-electron chi connectivity index (χ0n) is 15.1.